The van der Waals surface area contributed by atoms with Crippen molar-refractivity contribution >= 4 is 33.7 Å². The minimum absolute atomic E-state index is 0.417. The maximum atomic E-state index is 5.79. The summed E-state index contributed by atoms with van der Waals surface area (Å²) in [5.41, 5.74) is 7.75. The first-order valence-electron chi connectivity index (χ1n) is 6.65. The largest absolute Gasteiger partial charge is 0.389 e. The van der Waals surface area contributed by atoms with Crippen LogP contribution in [0.2, 0.25) is 0 Å². The Morgan fingerprint density at radius 2 is 2.00 bits per heavy atom. The normalized spacial score (nSPS) is 10.7. The first kappa shape index (κ1) is 13.5. The lowest BCUT2D eigenvalue weighted by Crippen LogP contribution is -2.13. The Morgan fingerprint density at radius 3 is 2.71 bits per heavy atom. The molecule has 0 aliphatic heterocycles. The molecule has 5 nitrogen and oxygen atoms in total. The molecule has 3 rings (SSSR count). The van der Waals surface area contributed by atoms with Gasteiger partial charge in [0.25, 0.3) is 0 Å². The minimum Gasteiger partial charge on any atom is -0.389 e. The molecule has 0 saturated heterocycles. The summed E-state index contributed by atoms with van der Waals surface area (Å²) in [6.45, 7) is 1.52. The molecule has 0 aliphatic carbocycles. The zero-order valence-electron chi connectivity index (χ0n) is 11.4. The second-order valence-electron chi connectivity index (χ2n) is 4.66. The number of nitrogens with zero attached hydrogens (tertiary/aromatic N) is 3. The van der Waals surface area contributed by atoms with Gasteiger partial charge in [-0.2, -0.15) is 0 Å². The van der Waals surface area contributed by atoms with Crippen LogP contribution in [0.15, 0.2) is 48.8 Å². The Balaban J connectivity index is 1.85. The van der Waals surface area contributed by atoms with E-state index in [0.717, 1.165) is 35.1 Å². The highest BCUT2D eigenvalue weighted by atomic mass is 32.1. The summed E-state index contributed by atoms with van der Waals surface area (Å²) in [6, 6.07) is 12.1. The molecule has 1 heterocycles. The minimum atomic E-state index is 0.417. The van der Waals surface area contributed by atoms with Gasteiger partial charge in [-0.05, 0) is 17.5 Å². The lowest BCUT2D eigenvalue weighted by molar-refractivity contribution is 0.609. The maximum Gasteiger partial charge on any atom is 0.104 e. The van der Waals surface area contributed by atoms with Crippen LogP contribution in [0.1, 0.15) is 5.56 Å². The number of fused-ring (bicyclic) bond motifs is 1. The smallest absolute Gasteiger partial charge is 0.104 e. The van der Waals surface area contributed by atoms with E-state index in [1.165, 1.54) is 0 Å². The zero-order chi connectivity index (χ0) is 14.7. The molecule has 6 heteroatoms. The van der Waals surface area contributed by atoms with Gasteiger partial charge < -0.3 is 11.1 Å². The first-order valence-corrected chi connectivity index (χ1v) is 7.06. The van der Waals surface area contributed by atoms with Gasteiger partial charge in [-0.1, -0.05) is 41.7 Å². The van der Waals surface area contributed by atoms with E-state index in [-0.39, 0.29) is 0 Å². The Hall–Kier alpha value is -2.47. The molecular weight excluding hydrogens is 282 g/mol. The van der Waals surface area contributed by atoms with Crippen LogP contribution < -0.4 is 11.1 Å². The lowest BCUT2D eigenvalue weighted by Gasteiger charge is -2.12. The predicted octanol–water partition coefficient (Wildman–Crippen LogP) is 2.18. The van der Waals surface area contributed by atoms with Crippen LogP contribution in [0.3, 0.4) is 0 Å². The number of hydrogen-bond donors (Lipinski definition) is 2. The predicted molar refractivity (Wildman–Crippen MR) is 88.3 cm³/mol. The van der Waals surface area contributed by atoms with Gasteiger partial charge in [-0.15, -0.1) is 5.10 Å². The van der Waals surface area contributed by atoms with E-state index < -0.39 is 0 Å². The van der Waals surface area contributed by atoms with Crippen molar-refractivity contribution in [3.05, 3.63) is 54.4 Å². The van der Waals surface area contributed by atoms with Crippen LogP contribution in [0.25, 0.3) is 10.8 Å². The second-order valence-corrected chi connectivity index (χ2v) is 5.10. The Bertz CT molecular complexity index is 767. The van der Waals surface area contributed by atoms with Crippen LogP contribution in [-0.2, 0) is 6.54 Å². The lowest BCUT2D eigenvalue weighted by atomic mass is 10.0. The molecule has 21 heavy (non-hydrogen) atoms. The first-order chi connectivity index (χ1) is 10.3. The number of aromatic nitrogens is 3. The number of benzene rings is 2. The third kappa shape index (κ3) is 2.85. The van der Waals surface area contributed by atoms with Crippen LogP contribution in [-0.4, -0.2) is 26.5 Å². The van der Waals surface area contributed by atoms with Crippen molar-refractivity contribution < 1.29 is 0 Å². The van der Waals surface area contributed by atoms with E-state index in [4.69, 9.17) is 18.0 Å². The summed E-state index contributed by atoms with van der Waals surface area (Å²) in [5, 5.41) is 13.3. The molecule has 106 valence electrons. The maximum absolute atomic E-state index is 5.79. The van der Waals surface area contributed by atoms with Crippen molar-refractivity contribution in [1.82, 2.24) is 15.0 Å². The Labute approximate surface area is 127 Å². The Kier molecular flexibility index (Phi) is 3.79. The van der Waals surface area contributed by atoms with Gasteiger partial charge in [0.05, 0.1) is 12.7 Å². The van der Waals surface area contributed by atoms with Crippen LogP contribution in [0.4, 0.5) is 5.69 Å². The van der Waals surface area contributed by atoms with Crippen molar-refractivity contribution in [2.45, 2.75) is 6.54 Å². The molecule has 0 radical (unpaired) electrons. The number of nitrogens with two attached hydrogens (primary N) is 1. The van der Waals surface area contributed by atoms with Gasteiger partial charge in [-0.3, -0.25) is 4.68 Å². The molecule has 3 N–H and O–H groups in total. The number of nitrogens with one attached hydrogen (secondary N) is 1. The van der Waals surface area contributed by atoms with E-state index in [1.54, 1.807) is 10.9 Å². The summed E-state index contributed by atoms with van der Waals surface area (Å²) in [6.07, 6.45) is 3.52. The quantitative estimate of drug-likeness (QED) is 0.706. The molecule has 3 aromatic rings. The van der Waals surface area contributed by atoms with E-state index in [1.807, 2.05) is 36.5 Å². The van der Waals surface area contributed by atoms with Crippen LogP contribution >= 0.6 is 12.2 Å². The molecule has 0 fully saturated rings. The number of anilines is 1. The van der Waals surface area contributed by atoms with Crippen molar-refractivity contribution in [3.8, 4) is 0 Å². The highest BCUT2D eigenvalue weighted by Gasteiger charge is 2.07. The van der Waals surface area contributed by atoms with E-state index in [0.29, 0.717) is 4.99 Å². The van der Waals surface area contributed by atoms with Gasteiger partial charge >= 0.3 is 0 Å². The van der Waals surface area contributed by atoms with Crippen LogP contribution in [0, 0.1) is 0 Å². The standard InChI is InChI=1S/C15H15N5S/c16-15(21)13-5-6-14(12-4-2-1-3-11(12)13)17-7-9-20-10-8-18-19-20/h1-6,8,10,17H,7,9H2,(H2,16,21). The molecule has 0 spiro atoms. The van der Waals surface area contributed by atoms with Gasteiger partial charge in [0.15, 0.2) is 0 Å². The summed E-state index contributed by atoms with van der Waals surface area (Å²) in [4.78, 5) is 0.417. The van der Waals surface area contributed by atoms with Gasteiger partial charge in [0.1, 0.15) is 4.99 Å². The van der Waals surface area contributed by atoms with Gasteiger partial charge in [0, 0.05) is 29.4 Å². The molecule has 0 saturated carbocycles. The zero-order valence-corrected chi connectivity index (χ0v) is 12.2. The molecular formula is C15H15N5S. The molecule has 2 aromatic carbocycles. The molecule has 0 bridgehead atoms. The van der Waals surface area contributed by atoms with Crippen molar-refractivity contribution in [3.63, 3.8) is 0 Å². The average molecular weight is 297 g/mol. The average Bonchev–Trinajstić information content (AvgIpc) is 3.00. The summed E-state index contributed by atoms with van der Waals surface area (Å²) < 4.78 is 1.79. The second kappa shape index (κ2) is 5.88. The van der Waals surface area contributed by atoms with E-state index >= 15 is 0 Å². The third-order valence-corrected chi connectivity index (χ3v) is 3.54. The van der Waals surface area contributed by atoms with E-state index in [9.17, 15) is 0 Å². The van der Waals surface area contributed by atoms with E-state index in [2.05, 4.69) is 21.7 Å². The molecule has 0 amide bonds. The molecule has 1 aromatic heterocycles. The van der Waals surface area contributed by atoms with Crippen LogP contribution in [0.5, 0.6) is 0 Å². The molecule has 0 unspecified atom stereocenters. The highest BCUT2D eigenvalue weighted by molar-refractivity contribution is 7.80. The molecule has 0 atom stereocenters. The number of hydrogen-bond acceptors (Lipinski definition) is 4. The van der Waals surface area contributed by atoms with Crippen molar-refractivity contribution in [1.29, 1.82) is 0 Å². The topological polar surface area (TPSA) is 68.8 Å². The van der Waals surface area contributed by atoms with Gasteiger partial charge in [-0.25, -0.2) is 0 Å². The number of thiocarbonyl (C=S) groups is 1. The molecule has 0 aliphatic rings. The monoisotopic (exact) mass is 297 g/mol. The summed E-state index contributed by atoms with van der Waals surface area (Å²) >= 11 is 5.11. The fraction of sp³-hybridized carbons (Fsp3) is 0.133. The van der Waals surface area contributed by atoms with Crippen molar-refractivity contribution in [2.75, 3.05) is 11.9 Å². The fourth-order valence-corrected chi connectivity index (χ4v) is 2.50. The third-order valence-electron chi connectivity index (χ3n) is 3.32. The number of rotatable bonds is 5. The fourth-order valence-electron chi connectivity index (χ4n) is 2.33. The highest BCUT2D eigenvalue weighted by Crippen LogP contribution is 2.26. The Morgan fingerprint density at radius 1 is 1.19 bits per heavy atom. The summed E-state index contributed by atoms with van der Waals surface area (Å²) in [7, 11) is 0. The summed E-state index contributed by atoms with van der Waals surface area (Å²) in [5.74, 6) is 0. The SMILES string of the molecule is NC(=S)c1ccc(NCCn2ccnn2)c2ccccc12. The van der Waals surface area contributed by atoms with Gasteiger partial charge in [0.2, 0.25) is 0 Å². The van der Waals surface area contributed by atoms with Crippen molar-refractivity contribution in [2.24, 2.45) is 5.73 Å².